The lowest BCUT2D eigenvalue weighted by Crippen LogP contribution is -2.38. The summed E-state index contributed by atoms with van der Waals surface area (Å²) in [7, 11) is 0. The Morgan fingerprint density at radius 3 is 2.69 bits per heavy atom. The first-order valence-electron chi connectivity index (χ1n) is 8.73. The zero-order valence-corrected chi connectivity index (χ0v) is 15.9. The van der Waals surface area contributed by atoms with Crippen LogP contribution in [0.3, 0.4) is 0 Å². The summed E-state index contributed by atoms with van der Waals surface area (Å²) >= 11 is 0.706. The molecule has 0 radical (unpaired) electrons. The van der Waals surface area contributed by atoms with Crippen molar-refractivity contribution in [1.29, 1.82) is 0 Å². The van der Waals surface area contributed by atoms with Gasteiger partial charge in [-0.2, -0.15) is 0 Å². The maximum absolute atomic E-state index is 13.7. The van der Waals surface area contributed by atoms with E-state index in [1.54, 1.807) is 6.07 Å². The van der Waals surface area contributed by atoms with Crippen LogP contribution in [-0.2, 0) is 14.4 Å². The van der Waals surface area contributed by atoms with E-state index < -0.39 is 34.9 Å². The minimum Gasteiger partial charge on any atom is -0.354 e. The van der Waals surface area contributed by atoms with Crippen LogP contribution in [0.25, 0.3) is 6.08 Å². The Bertz CT molecular complexity index is 919. The highest BCUT2D eigenvalue weighted by molar-refractivity contribution is 8.18. The first-order chi connectivity index (χ1) is 13.8. The third-order valence-electron chi connectivity index (χ3n) is 4.24. The monoisotopic (exact) mass is 420 g/mol. The number of thioether (sulfide) groups is 1. The number of nitrogens with zero attached hydrogens (tertiary/aromatic N) is 1. The second-order valence-corrected chi connectivity index (χ2v) is 7.25. The van der Waals surface area contributed by atoms with Crippen molar-refractivity contribution in [3.63, 3.8) is 0 Å². The Hall–Kier alpha value is -3.21. The third kappa shape index (κ3) is 4.99. The molecule has 11 heteroatoms. The summed E-state index contributed by atoms with van der Waals surface area (Å²) in [6, 6.07) is 4.55. The molecule has 3 rings (SSSR count). The Balaban J connectivity index is 1.47. The van der Waals surface area contributed by atoms with Crippen LogP contribution in [0.5, 0.6) is 0 Å². The average molecular weight is 420 g/mol. The summed E-state index contributed by atoms with van der Waals surface area (Å²) in [6.45, 7) is -0.00125. The Morgan fingerprint density at radius 1 is 1.24 bits per heavy atom. The number of rotatable bonds is 7. The van der Waals surface area contributed by atoms with Gasteiger partial charge in [-0.1, -0.05) is 18.2 Å². The lowest BCUT2D eigenvalue weighted by molar-refractivity contribution is -0.124. The van der Waals surface area contributed by atoms with E-state index in [0.717, 1.165) is 4.90 Å². The second-order valence-electron chi connectivity index (χ2n) is 6.26. The Kier molecular flexibility index (Phi) is 6.27. The Labute approximate surface area is 169 Å². The van der Waals surface area contributed by atoms with Gasteiger partial charge in [-0.15, -0.1) is 0 Å². The molecule has 152 valence electrons. The van der Waals surface area contributed by atoms with Gasteiger partial charge in [0.25, 0.3) is 17.1 Å². The van der Waals surface area contributed by atoms with E-state index in [4.69, 9.17) is 0 Å². The maximum atomic E-state index is 13.7. The quantitative estimate of drug-likeness (QED) is 0.446. The molecule has 1 atom stereocenters. The molecule has 9 nitrogen and oxygen atoms in total. The minimum atomic E-state index is -0.752. The zero-order valence-electron chi connectivity index (χ0n) is 15.1. The standard InChI is InChI=1S/C18H17FN4O5S/c19-11-4-2-1-3-10(11)9-13-16(26)23(18(28)29-13)8-7-20-14(24)6-5-12-15(25)22-17(27)21-12/h1-4,9,12H,5-8H2,(H,20,24)(H2,21,22,25,27)/b13-9-/t12-/m1/s1. The maximum Gasteiger partial charge on any atom is 0.322 e. The highest BCUT2D eigenvalue weighted by Gasteiger charge is 2.35. The van der Waals surface area contributed by atoms with Gasteiger partial charge in [0.1, 0.15) is 11.9 Å². The molecule has 2 saturated heterocycles. The number of benzene rings is 1. The Morgan fingerprint density at radius 2 is 2.00 bits per heavy atom. The van der Waals surface area contributed by atoms with E-state index in [2.05, 4.69) is 16.0 Å². The lowest BCUT2D eigenvalue weighted by Gasteiger charge is -2.13. The van der Waals surface area contributed by atoms with Gasteiger partial charge in [-0.05, 0) is 30.3 Å². The van der Waals surface area contributed by atoms with E-state index in [-0.39, 0.29) is 42.3 Å². The van der Waals surface area contributed by atoms with Gasteiger partial charge in [0.15, 0.2) is 0 Å². The van der Waals surface area contributed by atoms with E-state index in [9.17, 15) is 28.4 Å². The molecular weight excluding hydrogens is 403 g/mol. The predicted octanol–water partition coefficient (Wildman–Crippen LogP) is 0.966. The van der Waals surface area contributed by atoms with Gasteiger partial charge < -0.3 is 10.6 Å². The molecule has 1 aromatic rings. The fourth-order valence-corrected chi connectivity index (χ4v) is 3.62. The van der Waals surface area contributed by atoms with Crippen LogP contribution in [0.1, 0.15) is 18.4 Å². The molecule has 1 aromatic carbocycles. The van der Waals surface area contributed by atoms with Crippen LogP contribution < -0.4 is 16.0 Å². The third-order valence-corrected chi connectivity index (χ3v) is 5.15. The van der Waals surface area contributed by atoms with Crippen LogP contribution in [0.15, 0.2) is 29.2 Å². The van der Waals surface area contributed by atoms with Gasteiger partial charge in [0.05, 0.1) is 4.91 Å². The molecule has 0 bridgehead atoms. The van der Waals surface area contributed by atoms with Crippen molar-refractivity contribution in [3.05, 3.63) is 40.6 Å². The predicted molar refractivity (Wildman–Crippen MR) is 102 cm³/mol. The first kappa shape index (κ1) is 20.5. The number of nitrogens with one attached hydrogen (secondary N) is 3. The van der Waals surface area contributed by atoms with E-state index in [1.807, 2.05) is 0 Å². The fraction of sp³-hybridized carbons (Fsp3) is 0.278. The van der Waals surface area contributed by atoms with E-state index in [0.29, 0.717) is 11.8 Å². The number of hydrogen-bond acceptors (Lipinski definition) is 6. The van der Waals surface area contributed by atoms with Crippen molar-refractivity contribution in [2.45, 2.75) is 18.9 Å². The summed E-state index contributed by atoms with van der Waals surface area (Å²) in [4.78, 5) is 59.8. The number of amides is 6. The molecule has 6 amide bonds. The zero-order chi connectivity index (χ0) is 21.0. The van der Waals surface area contributed by atoms with Crippen molar-refractivity contribution in [1.82, 2.24) is 20.9 Å². The molecule has 2 fully saturated rings. The van der Waals surface area contributed by atoms with Gasteiger partial charge in [0, 0.05) is 25.1 Å². The summed E-state index contributed by atoms with van der Waals surface area (Å²) in [5, 5.41) is 6.51. The van der Waals surface area contributed by atoms with E-state index in [1.165, 1.54) is 24.3 Å². The van der Waals surface area contributed by atoms with Crippen molar-refractivity contribution in [3.8, 4) is 0 Å². The molecular formula is C18H17FN4O5S. The van der Waals surface area contributed by atoms with Crippen molar-refractivity contribution >= 4 is 46.8 Å². The topological polar surface area (TPSA) is 125 Å². The SMILES string of the molecule is O=C(CC[C@H]1NC(=O)NC1=O)NCCN1C(=O)S/C(=C\c2ccccc2F)C1=O. The fourth-order valence-electron chi connectivity index (χ4n) is 2.76. The van der Waals surface area contributed by atoms with Gasteiger partial charge in [-0.25, -0.2) is 9.18 Å². The highest BCUT2D eigenvalue weighted by Crippen LogP contribution is 2.32. The lowest BCUT2D eigenvalue weighted by atomic mass is 10.1. The van der Waals surface area contributed by atoms with Crippen molar-refractivity contribution < 1.29 is 28.4 Å². The first-order valence-corrected chi connectivity index (χ1v) is 9.55. The normalized spacial score (nSPS) is 20.2. The van der Waals surface area contributed by atoms with Crippen molar-refractivity contribution in [2.75, 3.05) is 13.1 Å². The van der Waals surface area contributed by atoms with Crippen LogP contribution in [0, 0.1) is 5.82 Å². The number of halogens is 1. The molecule has 29 heavy (non-hydrogen) atoms. The molecule has 2 aliphatic heterocycles. The summed E-state index contributed by atoms with van der Waals surface area (Å²) in [5.74, 6) is -1.92. The summed E-state index contributed by atoms with van der Waals surface area (Å²) in [5.41, 5.74) is 0.203. The van der Waals surface area contributed by atoms with Crippen LogP contribution in [0.4, 0.5) is 14.0 Å². The molecule has 0 spiro atoms. The molecule has 3 N–H and O–H groups in total. The van der Waals surface area contributed by atoms with Crippen LogP contribution in [0.2, 0.25) is 0 Å². The van der Waals surface area contributed by atoms with Gasteiger partial charge >= 0.3 is 6.03 Å². The van der Waals surface area contributed by atoms with Crippen LogP contribution >= 0.6 is 11.8 Å². The molecule has 0 saturated carbocycles. The summed E-state index contributed by atoms with van der Waals surface area (Å²) in [6.07, 6.45) is 1.45. The van der Waals surface area contributed by atoms with Gasteiger partial charge in [0.2, 0.25) is 5.91 Å². The summed E-state index contributed by atoms with van der Waals surface area (Å²) < 4.78 is 13.7. The molecule has 0 unspecified atom stereocenters. The largest absolute Gasteiger partial charge is 0.354 e. The molecule has 2 aliphatic rings. The minimum absolute atomic E-state index is 0.00650. The van der Waals surface area contributed by atoms with Crippen molar-refractivity contribution in [2.24, 2.45) is 0 Å². The molecule has 0 aromatic heterocycles. The number of urea groups is 1. The molecule has 2 heterocycles. The number of carbonyl (C=O) groups is 5. The molecule has 0 aliphatic carbocycles. The highest BCUT2D eigenvalue weighted by atomic mass is 32.2. The van der Waals surface area contributed by atoms with Gasteiger partial charge in [-0.3, -0.25) is 29.4 Å². The smallest absolute Gasteiger partial charge is 0.322 e. The average Bonchev–Trinajstić information content (AvgIpc) is 3.14. The van der Waals surface area contributed by atoms with E-state index >= 15 is 0 Å². The van der Waals surface area contributed by atoms with Crippen LogP contribution in [-0.4, -0.2) is 53.0 Å². The number of imide groups is 2. The second kappa shape index (κ2) is 8.86. The number of carbonyl (C=O) groups excluding carboxylic acids is 5. The number of hydrogen-bond donors (Lipinski definition) is 3.